The van der Waals surface area contributed by atoms with Crippen molar-refractivity contribution in [2.45, 2.75) is 55.7 Å². The molecule has 1 nitrogen and oxygen atoms in total. The standard InChI is InChI=1S/C15H23NS/c1-15(2,3)17-14-10-5-4-8-12(14)13-9-6-7-11-16-13/h4-5,8,10,13,16H,6-7,9,11H2,1-3H3/t13-/m1/s1. The predicted octanol–water partition coefficient (Wildman–Crippen LogP) is 4.39. The Morgan fingerprint density at radius 2 is 1.94 bits per heavy atom. The number of thioether (sulfide) groups is 1. The van der Waals surface area contributed by atoms with Gasteiger partial charge in [0.25, 0.3) is 0 Å². The van der Waals surface area contributed by atoms with E-state index in [9.17, 15) is 0 Å². The van der Waals surface area contributed by atoms with Crippen LogP contribution < -0.4 is 5.32 Å². The highest BCUT2D eigenvalue weighted by atomic mass is 32.2. The molecule has 0 amide bonds. The normalized spacial score (nSPS) is 21.5. The van der Waals surface area contributed by atoms with Crippen molar-refractivity contribution < 1.29 is 0 Å². The van der Waals surface area contributed by atoms with Gasteiger partial charge in [0, 0.05) is 15.7 Å². The lowest BCUT2D eigenvalue weighted by atomic mass is 9.98. The monoisotopic (exact) mass is 249 g/mol. The van der Waals surface area contributed by atoms with Crippen LogP contribution in [0.3, 0.4) is 0 Å². The lowest BCUT2D eigenvalue weighted by Crippen LogP contribution is -2.27. The van der Waals surface area contributed by atoms with Crippen molar-refractivity contribution in [3.05, 3.63) is 29.8 Å². The molecule has 1 N–H and O–H groups in total. The molecule has 1 aliphatic heterocycles. The molecule has 17 heavy (non-hydrogen) atoms. The zero-order valence-corrected chi connectivity index (χ0v) is 11.9. The van der Waals surface area contributed by atoms with Crippen molar-refractivity contribution in [1.29, 1.82) is 0 Å². The van der Waals surface area contributed by atoms with Gasteiger partial charge >= 0.3 is 0 Å². The van der Waals surface area contributed by atoms with Crippen molar-refractivity contribution in [3.8, 4) is 0 Å². The van der Waals surface area contributed by atoms with Crippen LogP contribution in [0.2, 0.25) is 0 Å². The number of rotatable bonds is 2. The topological polar surface area (TPSA) is 12.0 Å². The highest BCUT2D eigenvalue weighted by Crippen LogP contribution is 2.37. The van der Waals surface area contributed by atoms with E-state index >= 15 is 0 Å². The molecule has 0 radical (unpaired) electrons. The first kappa shape index (κ1) is 13.0. The summed E-state index contributed by atoms with van der Waals surface area (Å²) in [6, 6.07) is 9.44. The summed E-state index contributed by atoms with van der Waals surface area (Å²) in [5, 5.41) is 3.65. The van der Waals surface area contributed by atoms with Crippen LogP contribution in [0.15, 0.2) is 29.2 Å². The highest BCUT2D eigenvalue weighted by Gasteiger charge is 2.20. The Labute approximate surface area is 109 Å². The van der Waals surface area contributed by atoms with E-state index in [0.29, 0.717) is 6.04 Å². The fourth-order valence-corrected chi connectivity index (χ4v) is 3.44. The molecule has 1 aromatic rings. The fraction of sp³-hybridized carbons (Fsp3) is 0.600. The summed E-state index contributed by atoms with van der Waals surface area (Å²) < 4.78 is 0.283. The van der Waals surface area contributed by atoms with E-state index in [-0.39, 0.29) is 4.75 Å². The van der Waals surface area contributed by atoms with Gasteiger partial charge in [-0.05, 0) is 31.0 Å². The Kier molecular flexibility index (Phi) is 4.16. The Bertz CT molecular complexity index is 361. The molecule has 2 heteroatoms. The lowest BCUT2D eigenvalue weighted by Gasteiger charge is -2.27. The summed E-state index contributed by atoms with van der Waals surface area (Å²) in [6.07, 6.45) is 3.96. The second kappa shape index (κ2) is 5.45. The maximum atomic E-state index is 3.65. The zero-order chi connectivity index (χ0) is 12.3. The quantitative estimate of drug-likeness (QED) is 0.780. The van der Waals surface area contributed by atoms with Crippen LogP contribution in [0.4, 0.5) is 0 Å². The van der Waals surface area contributed by atoms with Crippen molar-refractivity contribution in [2.75, 3.05) is 6.54 Å². The molecular weight excluding hydrogens is 226 g/mol. The van der Waals surface area contributed by atoms with Gasteiger partial charge in [0.2, 0.25) is 0 Å². The van der Waals surface area contributed by atoms with E-state index in [1.54, 1.807) is 0 Å². The maximum Gasteiger partial charge on any atom is 0.0331 e. The minimum absolute atomic E-state index is 0.283. The first-order chi connectivity index (χ1) is 8.06. The van der Waals surface area contributed by atoms with Crippen LogP contribution in [-0.2, 0) is 0 Å². The molecule has 0 bridgehead atoms. The predicted molar refractivity (Wildman–Crippen MR) is 76.6 cm³/mol. The molecule has 0 spiro atoms. The first-order valence-electron chi connectivity index (χ1n) is 6.57. The molecule has 1 saturated heterocycles. The summed E-state index contributed by atoms with van der Waals surface area (Å²) in [4.78, 5) is 1.44. The highest BCUT2D eigenvalue weighted by molar-refractivity contribution is 8.00. The van der Waals surface area contributed by atoms with Gasteiger partial charge < -0.3 is 5.32 Å². The number of hydrogen-bond acceptors (Lipinski definition) is 2. The minimum atomic E-state index is 0.283. The van der Waals surface area contributed by atoms with Crippen molar-refractivity contribution in [2.24, 2.45) is 0 Å². The summed E-state index contributed by atoms with van der Waals surface area (Å²) in [7, 11) is 0. The van der Waals surface area contributed by atoms with Gasteiger partial charge in [0.05, 0.1) is 0 Å². The molecule has 0 aliphatic carbocycles. The smallest absolute Gasteiger partial charge is 0.0331 e. The second-order valence-corrected chi connectivity index (χ2v) is 7.62. The maximum absolute atomic E-state index is 3.65. The van der Waals surface area contributed by atoms with Crippen LogP contribution >= 0.6 is 11.8 Å². The van der Waals surface area contributed by atoms with Crippen LogP contribution in [0.25, 0.3) is 0 Å². The minimum Gasteiger partial charge on any atom is -0.310 e. The molecule has 94 valence electrons. The summed E-state index contributed by atoms with van der Waals surface area (Å²) >= 11 is 1.98. The van der Waals surface area contributed by atoms with Gasteiger partial charge in [0.1, 0.15) is 0 Å². The molecule has 0 aromatic heterocycles. The van der Waals surface area contributed by atoms with Crippen molar-refractivity contribution in [1.82, 2.24) is 5.32 Å². The Balaban J connectivity index is 2.20. The van der Waals surface area contributed by atoms with E-state index in [1.807, 2.05) is 11.8 Å². The molecule has 0 unspecified atom stereocenters. The van der Waals surface area contributed by atoms with Gasteiger partial charge in [-0.2, -0.15) is 0 Å². The molecule has 1 atom stereocenters. The van der Waals surface area contributed by atoms with Gasteiger partial charge in [-0.15, -0.1) is 11.8 Å². The summed E-state index contributed by atoms with van der Waals surface area (Å²) in [5.74, 6) is 0. The fourth-order valence-electron chi connectivity index (χ4n) is 2.31. The van der Waals surface area contributed by atoms with Gasteiger partial charge in [-0.1, -0.05) is 45.4 Å². The van der Waals surface area contributed by atoms with Crippen LogP contribution in [0.1, 0.15) is 51.6 Å². The van der Waals surface area contributed by atoms with Gasteiger partial charge in [-0.3, -0.25) is 0 Å². The van der Waals surface area contributed by atoms with Crippen molar-refractivity contribution in [3.63, 3.8) is 0 Å². The number of hydrogen-bond donors (Lipinski definition) is 1. The molecule has 1 heterocycles. The van der Waals surface area contributed by atoms with Crippen molar-refractivity contribution >= 4 is 11.8 Å². The average molecular weight is 249 g/mol. The molecule has 0 saturated carbocycles. The number of benzene rings is 1. The third kappa shape index (κ3) is 3.75. The summed E-state index contributed by atoms with van der Waals surface area (Å²) in [5.41, 5.74) is 1.49. The molecule has 1 fully saturated rings. The number of piperidine rings is 1. The first-order valence-corrected chi connectivity index (χ1v) is 7.39. The lowest BCUT2D eigenvalue weighted by molar-refractivity contribution is 0.408. The zero-order valence-electron chi connectivity index (χ0n) is 11.1. The van der Waals surface area contributed by atoms with Gasteiger partial charge in [0.15, 0.2) is 0 Å². The van der Waals surface area contributed by atoms with Crippen LogP contribution in [-0.4, -0.2) is 11.3 Å². The largest absolute Gasteiger partial charge is 0.310 e. The Hall–Kier alpha value is -0.470. The van der Waals surface area contributed by atoms with E-state index in [4.69, 9.17) is 0 Å². The third-order valence-corrected chi connectivity index (χ3v) is 4.22. The molecule has 2 rings (SSSR count). The average Bonchev–Trinajstić information content (AvgIpc) is 2.29. The second-order valence-electron chi connectivity index (χ2n) is 5.75. The molecule has 1 aliphatic rings. The molecule has 1 aromatic carbocycles. The van der Waals surface area contributed by atoms with E-state index in [1.165, 1.54) is 36.3 Å². The van der Waals surface area contributed by atoms with Crippen LogP contribution in [0.5, 0.6) is 0 Å². The van der Waals surface area contributed by atoms with Crippen LogP contribution in [0, 0.1) is 0 Å². The Morgan fingerprint density at radius 1 is 1.18 bits per heavy atom. The summed E-state index contributed by atoms with van der Waals surface area (Å²) in [6.45, 7) is 8.01. The third-order valence-electron chi connectivity index (χ3n) is 3.02. The Morgan fingerprint density at radius 3 is 2.59 bits per heavy atom. The SMILES string of the molecule is CC(C)(C)Sc1ccccc1[C@H]1CCCCN1. The van der Waals surface area contributed by atoms with E-state index in [0.717, 1.165) is 0 Å². The van der Waals surface area contributed by atoms with E-state index in [2.05, 4.69) is 50.4 Å². The van der Waals surface area contributed by atoms with Gasteiger partial charge in [-0.25, -0.2) is 0 Å². The van der Waals surface area contributed by atoms with E-state index < -0.39 is 0 Å². The molecular formula is C15H23NS. The number of nitrogens with one attached hydrogen (secondary N) is 1.